The Labute approximate surface area is 167 Å². The quantitative estimate of drug-likeness (QED) is 0.509. The molecule has 28 heavy (non-hydrogen) atoms. The molecular formula is C25H30O3. The molecule has 0 spiro atoms. The molecule has 0 fully saturated rings. The van der Waals surface area contributed by atoms with Crippen LogP contribution in [0.5, 0.6) is 17.2 Å². The van der Waals surface area contributed by atoms with Crippen LogP contribution in [0.1, 0.15) is 47.2 Å². The molecule has 0 saturated heterocycles. The van der Waals surface area contributed by atoms with Crippen LogP contribution in [0.25, 0.3) is 0 Å². The lowest BCUT2D eigenvalue weighted by Crippen LogP contribution is -2.19. The van der Waals surface area contributed by atoms with E-state index >= 15 is 0 Å². The van der Waals surface area contributed by atoms with Gasteiger partial charge in [-0.25, -0.2) is 0 Å². The fourth-order valence-corrected chi connectivity index (χ4v) is 3.23. The molecule has 148 valence electrons. The maximum absolute atomic E-state index is 9.96. The summed E-state index contributed by atoms with van der Waals surface area (Å²) in [5.41, 5.74) is 5.72. The van der Waals surface area contributed by atoms with E-state index in [2.05, 4.69) is 13.8 Å². The number of hydrogen-bond donors (Lipinski definition) is 3. The first-order valence-electron chi connectivity index (χ1n) is 9.39. The number of aromatic hydroxyl groups is 3. The van der Waals surface area contributed by atoms with Crippen molar-refractivity contribution in [3.05, 3.63) is 88.0 Å². The molecule has 3 N–H and O–H groups in total. The zero-order chi connectivity index (χ0) is 21.1. The molecule has 3 rings (SSSR count). The molecule has 0 radical (unpaired) electrons. The molecule has 3 nitrogen and oxygen atoms in total. The van der Waals surface area contributed by atoms with Gasteiger partial charge in [0, 0.05) is 5.41 Å². The van der Waals surface area contributed by atoms with Gasteiger partial charge in [0.05, 0.1) is 0 Å². The molecule has 0 unspecified atom stereocenters. The summed E-state index contributed by atoms with van der Waals surface area (Å²) >= 11 is 0. The number of rotatable bonds is 2. The summed E-state index contributed by atoms with van der Waals surface area (Å²) in [6.45, 7) is 12.0. The zero-order valence-electron chi connectivity index (χ0n) is 17.5. The number of hydrogen-bond acceptors (Lipinski definition) is 3. The summed E-state index contributed by atoms with van der Waals surface area (Å²) in [5, 5.41) is 28.5. The number of benzene rings is 3. The smallest absolute Gasteiger partial charge is 0.121 e. The van der Waals surface area contributed by atoms with E-state index in [1.54, 1.807) is 24.3 Å². The summed E-state index contributed by atoms with van der Waals surface area (Å²) < 4.78 is 0. The van der Waals surface area contributed by atoms with Crippen LogP contribution in [0, 0.1) is 27.7 Å². The highest BCUT2D eigenvalue weighted by Crippen LogP contribution is 2.37. The summed E-state index contributed by atoms with van der Waals surface area (Å²) in [6, 6.07) is 16.9. The minimum absolute atomic E-state index is 0.188. The van der Waals surface area contributed by atoms with Gasteiger partial charge >= 0.3 is 0 Å². The minimum atomic E-state index is -0.188. The van der Waals surface area contributed by atoms with E-state index in [1.165, 1.54) is 11.1 Å². The molecule has 3 heteroatoms. The predicted octanol–water partition coefficient (Wildman–Crippen LogP) is 6.05. The van der Waals surface area contributed by atoms with Gasteiger partial charge in [-0.05, 0) is 73.2 Å². The van der Waals surface area contributed by atoms with Crippen molar-refractivity contribution in [3.8, 4) is 17.2 Å². The molecule has 0 amide bonds. The first-order chi connectivity index (χ1) is 13.0. The van der Waals surface area contributed by atoms with Crippen LogP contribution in [-0.2, 0) is 5.41 Å². The van der Waals surface area contributed by atoms with Crippen molar-refractivity contribution in [1.82, 2.24) is 0 Å². The summed E-state index contributed by atoms with van der Waals surface area (Å²) in [6.07, 6.45) is 0. The van der Waals surface area contributed by atoms with Crippen LogP contribution in [0.2, 0.25) is 0 Å². The summed E-state index contributed by atoms with van der Waals surface area (Å²) in [7, 11) is 0. The van der Waals surface area contributed by atoms with Gasteiger partial charge in [-0.15, -0.1) is 0 Å². The fraction of sp³-hybridized carbons (Fsp3) is 0.280. The van der Waals surface area contributed by atoms with E-state index < -0.39 is 0 Å². The molecule has 0 bridgehead atoms. The van der Waals surface area contributed by atoms with E-state index in [0.717, 1.165) is 22.3 Å². The average Bonchev–Trinajstić information content (AvgIpc) is 2.64. The minimum Gasteiger partial charge on any atom is -0.508 e. The number of phenolic OH excluding ortho intramolecular Hbond substituents is 3. The topological polar surface area (TPSA) is 60.7 Å². The second-order valence-corrected chi connectivity index (χ2v) is 7.88. The van der Waals surface area contributed by atoms with Crippen molar-refractivity contribution in [2.45, 2.75) is 47.0 Å². The van der Waals surface area contributed by atoms with Crippen LogP contribution in [0.3, 0.4) is 0 Å². The lowest BCUT2D eigenvalue weighted by Gasteiger charge is -2.28. The molecule has 0 aliphatic heterocycles. The van der Waals surface area contributed by atoms with E-state index in [-0.39, 0.29) is 5.41 Å². The summed E-state index contributed by atoms with van der Waals surface area (Å²) in [5.74, 6) is 1.06. The van der Waals surface area contributed by atoms with Gasteiger partial charge in [0.2, 0.25) is 0 Å². The number of aryl methyl sites for hydroxylation is 4. The third kappa shape index (κ3) is 4.66. The molecule has 0 heterocycles. The van der Waals surface area contributed by atoms with Gasteiger partial charge < -0.3 is 15.3 Å². The normalized spacial score (nSPS) is 10.9. The SMILES string of the molecule is Cc1cc(C(C)(C)c2cc(C)c(O)c(C)c2)cc(C)c1O.Oc1ccccc1. The van der Waals surface area contributed by atoms with Crippen molar-refractivity contribution in [2.75, 3.05) is 0 Å². The molecule has 0 saturated carbocycles. The Hall–Kier alpha value is -2.94. The van der Waals surface area contributed by atoms with Crippen LogP contribution < -0.4 is 0 Å². The standard InChI is InChI=1S/C19H24O2.C6H6O/c1-11-7-15(8-12(2)17(11)20)19(5,6)16-9-13(3)18(21)14(4)10-16;7-6-4-2-1-3-5-6/h7-10,20-21H,1-6H3;1-5,7H. The Bertz CT molecular complexity index is 851. The lowest BCUT2D eigenvalue weighted by atomic mass is 9.76. The Balaban J connectivity index is 0.000000336. The van der Waals surface area contributed by atoms with Crippen molar-refractivity contribution in [3.63, 3.8) is 0 Å². The van der Waals surface area contributed by atoms with Crippen molar-refractivity contribution in [1.29, 1.82) is 0 Å². The molecular weight excluding hydrogens is 348 g/mol. The molecule has 0 aromatic heterocycles. The monoisotopic (exact) mass is 378 g/mol. The van der Waals surface area contributed by atoms with Gasteiger partial charge in [-0.2, -0.15) is 0 Å². The van der Waals surface area contributed by atoms with Crippen LogP contribution in [-0.4, -0.2) is 15.3 Å². The van der Waals surface area contributed by atoms with Crippen molar-refractivity contribution in [2.24, 2.45) is 0 Å². The molecule has 0 atom stereocenters. The van der Waals surface area contributed by atoms with Crippen LogP contribution >= 0.6 is 0 Å². The summed E-state index contributed by atoms with van der Waals surface area (Å²) in [4.78, 5) is 0. The Morgan fingerprint density at radius 3 is 1.14 bits per heavy atom. The van der Waals surface area contributed by atoms with Crippen molar-refractivity contribution < 1.29 is 15.3 Å². The maximum atomic E-state index is 9.96. The van der Waals surface area contributed by atoms with Crippen LogP contribution in [0.4, 0.5) is 0 Å². The highest BCUT2D eigenvalue weighted by Gasteiger charge is 2.25. The van der Waals surface area contributed by atoms with Crippen molar-refractivity contribution >= 4 is 0 Å². The van der Waals surface area contributed by atoms with Gasteiger partial charge in [0.1, 0.15) is 17.2 Å². The first-order valence-corrected chi connectivity index (χ1v) is 9.39. The van der Waals surface area contributed by atoms with Gasteiger partial charge in [-0.1, -0.05) is 56.3 Å². The Morgan fingerprint density at radius 1 is 0.571 bits per heavy atom. The molecule has 0 aliphatic rings. The molecule has 3 aromatic rings. The first kappa shape index (κ1) is 21.4. The fourth-order valence-electron chi connectivity index (χ4n) is 3.23. The van der Waals surface area contributed by atoms with E-state index in [1.807, 2.05) is 58.0 Å². The third-order valence-corrected chi connectivity index (χ3v) is 5.18. The lowest BCUT2D eigenvalue weighted by molar-refractivity contribution is 0.465. The second kappa shape index (κ2) is 8.39. The zero-order valence-corrected chi connectivity index (χ0v) is 17.5. The molecule has 3 aromatic carbocycles. The number of para-hydroxylation sites is 1. The Morgan fingerprint density at radius 2 is 0.893 bits per heavy atom. The van der Waals surface area contributed by atoms with Crippen LogP contribution in [0.15, 0.2) is 54.6 Å². The third-order valence-electron chi connectivity index (χ3n) is 5.18. The largest absolute Gasteiger partial charge is 0.508 e. The van der Waals surface area contributed by atoms with Gasteiger partial charge in [0.15, 0.2) is 0 Å². The highest BCUT2D eigenvalue weighted by molar-refractivity contribution is 5.51. The average molecular weight is 379 g/mol. The van der Waals surface area contributed by atoms with E-state index in [9.17, 15) is 10.2 Å². The molecule has 0 aliphatic carbocycles. The van der Waals surface area contributed by atoms with E-state index in [4.69, 9.17) is 5.11 Å². The predicted molar refractivity (Wildman–Crippen MR) is 115 cm³/mol. The second-order valence-electron chi connectivity index (χ2n) is 7.88. The van der Waals surface area contributed by atoms with E-state index in [0.29, 0.717) is 17.2 Å². The number of phenols is 3. The Kier molecular flexibility index (Phi) is 6.40. The highest BCUT2D eigenvalue weighted by atomic mass is 16.3. The van der Waals surface area contributed by atoms with Gasteiger partial charge in [0.25, 0.3) is 0 Å². The van der Waals surface area contributed by atoms with Gasteiger partial charge in [-0.3, -0.25) is 0 Å². The maximum Gasteiger partial charge on any atom is 0.121 e.